The van der Waals surface area contributed by atoms with Crippen LogP contribution in [0.4, 0.5) is 11.6 Å². The molecule has 0 unspecified atom stereocenters. The topological polar surface area (TPSA) is 138 Å². The maximum atomic E-state index is 10.8. The molecule has 0 radical (unpaired) electrons. The van der Waals surface area contributed by atoms with Gasteiger partial charge in [0.25, 0.3) is 11.6 Å². The summed E-state index contributed by atoms with van der Waals surface area (Å²) in [4.78, 5) is 11.4. The molecule has 1 aromatic carbocycles. The van der Waals surface area contributed by atoms with Gasteiger partial charge in [0.1, 0.15) is 11.5 Å². The van der Waals surface area contributed by atoms with Gasteiger partial charge in [-0.2, -0.15) is 5.10 Å². The third-order valence-electron chi connectivity index (χ3n) is 2.74. The van der Waals surface area contributed by atoms with Crippen molar-refractivity contribution in [3.8, 4) is 11.3 Å². The minimum absolute atomic E-state index is 0.00872. The van der Waals surface area contributed by atoms with Gasteiger partial charge in [0.05, 0.1) is 11.1 Å². The van der Waals surface area contributed by atoms with E-state index in [0.717, 1.165) is 4.79 Å². The molecule has 10 heteroatoms. The van der Waals surface area contributed by atoms with Crippen LogP contribution in [0.2, 0.25) is 0 Å². The number of hydrogen-bond acceptors (Lipinski definition) is 8. The Hall–Kier alpha value is -3.56. The molecule has 2 heterocycles. The number of nitro benzene ring substituents is 1. The van der Waals surface area contributed by atoms with Crippen molar-refractivity contribution in [2.45, 2.75) is 0 Å². The van der Waals surface area contributed by atoms with Crippen molar-refractivity contribution in [3.63, 3.8) is 0 Å². The van der Waals surface area contributed by atoms with Gasteiger partial charge in [0, 0.05) is 17.7 Å². The molecule has 0 spiro atoms. The standard InChI is InChI=1S/C12H9N7O3/c13-12-15-16-17-18(12)14-7-10-4-5-11(22-10)8-2-1-3-9(6-8)19(20)21/h1-7H,(H2,13,15,17)/b14-7-. The molecule has 3 aromatic rings. The molecular weight excluding hydrogens is 290 g/mol. The van der Waals surface area contributed by atoms with Gasteiger partial charge in [0.15, 0.2) is 0 Å². The Kier molecular flexibility index (Phi) is 3.32. The van der Waals surface area contributed by atoms with E-state index in [4.69, 9.17) is 10.2 Å². The number of nitrogen functional groups attached to an aromatic ring is 1. The molecule has 0 aliphatic heterocycles. The molecule has 10 nitrogen and oxygen atoms in total. The van der Waals surface area contributed by atoms with Gasteiger partial charge < -0.3 is 10.2 Å². The van der Waals surface area contributed by atoms with E-state index in [0.29, 0.717) is 17.1 Å². The predicted octanol–water partition coefficient (Wildman–Crippen LogP) is 1.31. The number of nitrogens with zero attached hydrogens (tertiary/aromatic N) is 6. The molecule has 110 valence electrons. The molecule has 0 saturated carbocycles. The minimum Gasteiger partial charge on any atom is -0.455 e. The summed E-state index contributed by atoms with van der Waals surface area (Å²) in [5, 5.41) is 25.1. The Labute approximate surface area is 123 Å². The number of nitrogens with two attached hydrogens (primary N) is 1. The average molecular weight is 299 g/mol. The third-order valence-corrected chi connectivity index (χ3v) is 2.74. The van der Waals surface area contributed by atoms with Gasteiger partial charge >= 0.3 is 0 Å². The zero-order chi connectivity index (χ0) is 15.5. The molecule has 3 rings (SSSR count). The van der Waals surface area contributed by atoms with Crippen molar-refractivity contribution in [1.29, 1.82) is 0 Å². The second-order valence-electron chi connectivity index (χ2n) is 4.18. The van der Waals surface area contributed by atoms with E-state index < -0.39 is 4.92 Å². The van der Waals surface area contributed by atoms with Crippen LogP contribution in [0.15, 0.2) is 45.9 Å². The van der Waals surface area contributed by atoms with Gasteiger partial charge in [-0.15, -0.1) is 0 Å². The third kappa shape index (κ3) is 2.65. The van der Waals surface area contributed by atoms with Crippen LogP contribution in [-0.2, 0) is 0 Å². The normalized spacial score (nSPS) is 11.1. The van der Waals surface area contributed by atoms with E-state index >= 15 is 0 Å². The Balaban J connectivity index is 1.85. The highest BCUT2D eigenvalue weighted by atomic mass is 16.6. The van der Waals surface area contributed by atoms with Crippen LogP contribution in [0, 0.1) is 10.1 Å². The molecule has 2 aromatic heterocycles. The molecule has 0 bridgehead atoms. The van der Waals surface area contributed by atoms with E-state index in [1.165, 1.54) is 18.3 Å². The van der Waals surface area contributed by atoms with Crippen molar-refractivity contribution in [1.82, 2.24) is 20.3 Å². The molecule has 22 heavy (non-hydrogen) atoms. The van der Waals surface area contributed by atoms with E-state index in [1.54, 1.807) is 24.3 Å². The second kappa shape index (κ2) is 5.44. The Morgan fingerprint density at radius 3 is 2.95 bits per heavy atom. The molecule has 0 fully saturated rings. The first-order valence-electron chi connectivity index (χ1n) is 6.06. The monoisotopic (exact) mass is 299 g/mol. The summed E-state index contributed by atoms with van der Waals surface area (Å²) >= 11 is 0. The summed E-state index contributed by atoms with van der Waals surface area (Å²) in [5.41, 5.74) is 6.05. The number of aromatic nitrogens is 4. The van der Waals surface area contributed by atoms with Crippen LogP contribution in [0.1, 0.15) is 5.76 Å². The van der Waals surface area contributed by atoms with E-state index in [-0.39, 0.29) is 11.6 Å². The lowest BCUT2D eigenvalue weighted by Crippen LogP contribution is -1.99. The van der Waals surface area contributed by atoms with Crippen LogP contribution in [0.25, 0.3) is 11.3 Å². The summed E-state index contributed by atoms with van der Waals surface area (Å²) in [6.45, 7) is 0. The highest BCUT2D eigenvalue weighted by Gasteiger charge is 2.09. The molecule has 0 saturated heterocycles. The Morgan fingerprint density at radius 2 is 2.23 bits per heavy atom. The average Bonchev–Trinajstić information content (AvgIpc) is 3.14. The quantitative estimate of drug-likeness (QED) is 0.435. The number of rotatable bonds is 4. The van der Waals surface area contributed by atoms with Crippen LogP contribution in [-0.4, -0.2) is 31.5 Å². The summed E-state index contributed by atoms with van der Waals surface area (Å²) < 4.78 is 5.55. The molecule has 0 amide bonds. The Morgan fingerprint density at radius 1 is 1.36 bits per heavy atom. The van der Waals surface area contributed by atoms with Gasteiger partial charge in [-0.25, -0.2) is 0 Å². The van der Waals surface area contributed by atoms with Gasteiger partial charge in [-0.3, -0.25) is 10.1 Å². The van der Waals surface area contributed by atoms with Crippen molar-refractivity contribution in [2.24, 2.45) is 5.10 Å². The van der Waals surface area contributed by atoms with Crippen molar-refractivity contribution < 1.29 is 9.34 Å². The Bertz CT molecular complexity index is 852. The van der Waals surface area contributed by atoms with E-state index in [9.17, 15) is 10.1 Å². The van der Waals surface area contributed by atoms with Crippen molar-refractivity contribution in [2.75, 3.05) is 5.73 Å². The van der Waals surface area contributed by atoms with E-state index in [1.807, 2.05) is 0 Å². The fourth-order valence-electron chi connectivity index (χ4n) is 1.73. The maximum absolute atomic E-state index is 10.8. The maximum Gasteiger partial charge on any atom is 0.270 e. The zero-order valence-corrected chi connectivity index (χ0v) is 11.0. The molecule has 0 atom stereocenters. The second-order valence-corrected chi connectivity index (χ2v) is 4.18. The minimum atomic E-state index is -0.463. The fourth-order valence-corrected chi connectivity index (χ4v) is 1.73. The van der Waals surface area contributed by atoms with Crippen LogP contribution in [0.5, 0.6) is 0 Å². The number of furan rings is 1. The lowest BCUT2D eigenvalue weighted by Gasteiger charge is -1.96. The summed E-state index contributed by atoms with van der Waals surface area (Å²) in [6.07, 6.45) is 1.38. The van der Waals surface area contributed by atoms with E-state index in [2.05, 4.69) is 20.6 Å². The van der Waals surface area contributed by atoms with Crippen LogP contribution in [0.3, 0.4) is 0 Å². The largest absolute Gasteiger partial charge is 0.455 e. The molecule has 0 aliphatic carbocycles. The van der Waals surface area contributed by atoms with Gasteiger partial charge in [0.2, 0.25) is 0 Å². The highest BCUT2D eigenvalue weighted by molar-refractivity contribution is 5.77. The summed E-state index contributed by atoms with van der Waals surface area (Å²) in [6, 6.07) is 9.49. The molecule has 0 aliphatic rings. The lowest BCUT2D eigenvalue weighted by molar-refractivity contribution is -0.384. The number of non-ortho nitro benzene ring substituents is 1. The van der Waals surface area contributed by atoms with Crippen molar-refractivity contribution in [3.05, 3.63) is 52.3 Å². The number of nitro groups is 1. The predicted molar refractivity (Wildman–Crippen MR) is 76.0 cm³/mol. The van der Waals surface area contributed by atoms with Gasteiger partial charge in [-0.05, 0) is 22.6 Å². The zero-order valence-electron chi connectivity index (χ0n) is 11.0. The van der Waals surface area contributed by atoms with Gasteiger partial charge in [-0.1, -0.05) is 22.0 Å². The highest BCUT2D eigenvalue weighted by Crippen LogP contribution is 2.25. The smallest absolute Gasteiger partial charge is 0.270 e. The molecule has 2 N–H and O–H groups in total. The summed E-state index contributed by atoms with van der Waals surface area (Å²) in [5.74, 6) is 0.952. The first-order valence-corrected chi connectivity index (χ1v) is 6.06. The van der Waals surface area contributed by atoms with Crippen molar-refractivity contribution >= 4 is 17.9 Å². The summed E-state index contributed by atoms with van der Waals surface area (Å²) in [7, 11) is 0. The number of hydrogen-bond donors (Lipinski definition) is 1. The van der Waals surface area contributed by atoms with Crippen LogP contribution < -0.4 is 5.73 Å². The SMILES string of the molecule is Nc1nnnn1/N=C\c1ccc(-c2cccc([N+](=O)[O-])c2)o1. The van der Waals surface area contributed by atoms with Crippen LogP contribution >= 0.6 is 0 Å². The number of anilines is 1. The number of benzene rings is 1. The first-order chi connectivity index (χ1) is 10.6. The molecular formula is C12H9N7O3. The fraction of sp³-hybridized carbons (Fsp3) is 0. The number of tetrazole rings is 1. The first kappa shape index (κ1) is 13.4. The lowest BCUT2D eigenvalue weighted by atomic mass is 10.1.